The van der Waals surface area contributed by atoms with Gasteiger partial charge < -0.3 is 31.1 Å². The number of hydrogen-bond acceptors (Lipinski definition) is 8. The molecule has 0 saturated carbocycles. The number of carbonyl (C=O) groups is 3. The summed E-state index contributed by atoms with van der Waals surface area (Å²) in [4.78, 5) is 35.5. The highest BCUT2D eigenvalue weighted by Crippen LogP contribution is 2.49. The highest BCUT2D eigenvalue weighted by Gasteiger charge is 2.55. The zero-order chi connectivity index (χ0) is 16.4. The van der Waals surface area contributed by atoms with Gasteiger partial charge in [-0.15, -0.1) is 0 Å². The molecule has 0 radical (unpaired) electrons. The van der Waals surface area contributed by atoms with Crippen LogP contribution < -0.4 is 11.1 Å². The number of carbonyl (C=O) groups excluding carboxylic acids is 2. The number of aliphatic hydroxyl groups is 2. The van der Waals surface area contributed by atoms with Gasteiger partial charge in [-0.25, -0.2) is 4.79 Å². The van der Waals surface area contributed by atoms with Crippen molar-refractivity contribution in [1.82, 2.24) is 10.2 Å². The van der Waals surface area contributed by atoms with Gasteiger partial charge in [0.25, 0.3) is 0 Å². The van der Waals surface area contributed by atoms with Crippen molar-refractivity contribution in [3.05, 3.63) is 10.8 Å². The molecule has 10 nitrogen and oxygen atoms in total. The number of β-lactam (4-membered cyclic amide) rings is 1. The van der Waals surface area contributed by atoms with Gasteiger partial charge in [0.1, 0.15) is 11.4 Å². The summed E-state index contributed by atoms with van der Waals surface area (Å²) in [6.07, 6.45) is -1.59. The minimum absolute atomic E-state index is 0.0990. The molecular formula is C11H15N3O7S. The number of nitrogens with zero attached hydrogens (tertiary/aromatic N) is 1. The van der Waals surface area contributed by atoms with Crippen molar-refractivity contribution >= 4 is 29.7 Å². The van der Waals surface area contributed by atoms with E-state index >= 15 is 0 Å². The van der Waals surface area contributed by atoms with Gasteiger partial charge in [0.2, 0.25) is 17.7 Å². The van der Waals surface area contributed by atoms with Gasteiger partial charge in [-0.1, -0.05) is 11.8 Å². The zero-order valence-corrected chi connectivity index (χ0v) is 12.1. The minimum atomic E-state index is -1.59. The molecule has 0 spiro atoms. The van der Waals surface area contributed by atoms with E-state index in [9.17, 15) is 14.4 Å². The molecule has 11 heteroatoms. The predicted octanol–water partition coefficient (Wildman–Crippen LogP) is -2.19. The number of aliphatic hydroxyl groups excluding tert-OH is 2. The van der Waals surface area contributed by atoms with E-state index in [0.29, 0.717) is 4.91 Å². The SMILES string of the molecule is N[C@H](CO)C(=O)NCC1=C(OC(=O)O)N2C(=O)[C@H](CO)[C@H]2S1. The second kappa shape index (κ2) is 6.52. The van der Waals surface area contributed by atoms with Crippen molar-refractivity contribution < 1.29 is 34.4 Å². The molecular weight excluding hydrogens is 318 g/mol. The summed E-state index contributed by atoms with van der Waals surface area (Å²) in [5.41, 5.74) is 5.34. The van der Waals surface area contributed by atoms with Crippen LogP contribution in [0.4, 0.5) is 4.79 Å². The summed E-state index contributed by atoms with van der Waals surface area (Å²) < 4.78 is 4.61. The fourth-order valence-corrected chi connectivity index (χ4v) is 3.42. The number of rotatable bonds is 6. The van der Waals surface area contributed by atoms with Crippen molar-refractivity contribution in [2.24, 2.45) is 11.7 Å². The van der Waals surface area contributed by atoms with Crippen molar-refractivity contribution in [3.8, 4) is 0 Å². The Balaban J connectivity index is 2.10. The molecule has 1 fully saturated rings. The van der Waals surface area contributed by atoms with Gasteiger partial charge >= 0.3 is 6.16 Å². The number of nitrogens with one attached hydrogen (secondary N) is 1. The van der Waals surface area contributed by atoms with E-state index in [1.165, 1.54) is 0 Å². The standard InChI is InChI=1S/C11H15N3O7S/c12-5(3-16)7(17)13-1-6-9(21-11(19)20)14-8(18)4(2-15)10(14)22-6/h4-5,10,15-16H,1-3,12H2,(H,13,17)(H,19,20)/t4-,5+,10+/m0/s1. The Morgan fingerprint density at radius 1 is 1.45 bits per heavy atom. The molecule has 2 heterocycles. The molecule has 0 unspecified atom stereocenters. The Bertz CT molecular complexity index is 538. The fraction of sp³-hybridized carbons (Fsp3) is 0.545. The van der Waals surface area contributed by atoms with Gasteiger partial charge in [0.15, 0.2) is 0 Å². The molecule has 0 aromatic carbocycles. The average molecular weight is 333 g/mol. The molecule has 0 bridgehead atoms. The first-order chi connectivity index (χ1) is 10.4. The number of amides is 2. The summed E-state index contributed by atoms with van der Waals surface area (Å²) in [6.45, 7) is -0.989. The maximum Gasteiger partial charge on any atom is 0.512 e. The summed E-state index contributed by atoms with van der Waals surface area (Å²) in [6, 6.07) is -1.10. The molecule has 2 aliphatic heterocycles. The quantitative estimate of drug-likeness (QED) is 0.268. The van der Waals surface area contributed by atoms with E-state index in [1.807, 2.05) is 0 Å². The predicted molar refractivity (Wildman–Crippen MR) is 73.0 cm³/mol. The molecule has 1 saturated heterocycles. The lowest BCUT2D eigenvalue weighted by Crippen LogP contribution is -2.58. The highest BCUT2D eigenvalue weighted by molar-refractivity contribution is 8.04. The summed E-state index contributed by atoms with van der Waals surface area (Å²) in [5.74, 6) is -1.87. The summed E-state index contributed by atoms with van der Waals surface area (Å²) in [5, 5.41) is 28.6. The van der Waals surface area contributed by atoms with E-state index in [1.54, 1.807) is 0 Å². The monoisotopic (exact) mass is 333 g/mol. The first kappa shape index (κ1) is 16.5. The van der Waals surface area contributed by atoms with Crippen LogP contribution in [0.1, 0.15) is 0 Å². The number of thioether (sulfide) groups is 1. The van der Waals surface area contributed by atoms with Gasteiger partial charge in [-0.2, -0.15) is 0 Å². The van der Waals surface area contributed by atoms with Crippen molar-refractivity contribution in [2.45, 2.75) is 11.4 Å². The van der Waals surface area contributed by atoms with Crippen molar-refractivity contribution in [3.63, 3.8) is 0 Å². The lowest BCUT2D eigenvalue weighted by atomic mass is 10.00. The number of ether oxygens (including phenoxy) is 1. The van der Waals surface area contributed by atoms with Gasteiger partial charge in [-0.3, -0.25) is 14.5 Å². The van der Waals surface area contributed by atoms with Crippen LogP contribution in [-0.4, -0.2) is 69.4 Å². The molecule has 2 rings (SSSR count). The van der Waals surface area contributed by atoms with Crippen LogP contribution in [0.15, 0.2) is 10.8 Å². The number of carboxylic acid groups (broad SMARTS) is 1. The minimum Gasteiger partial charge on any atom is -0.449 e. The average Bonchev–Trinajstić information content (AvgIpc) is 2.77. The maximum atomic E-state index is 11.8. The Hall–Kier alpha value is -1.82. The van der Waals surface area contributed by atoms with Crippen molar-refractivity contribution in [1.29, 1.82) is 0 Å². The number of fused-ring (bicyclic) bond motifs is 1. The molecule has 122 valence electrons. The Morgan fingerprint density at radius 2 is 2.14 bits per heavy atom. The second-order valence-electron chi connectivity index (χ2n) is 4.61. The summed E-state index contributed by atoms with van der Waals surface area (Å²) >= 11 is 1.13. The van der Waals surface area contributed by atoms with Crippen LogP contribution in [0.5, 0.6) is 0 Å². The van der Waals surface area contributed by atoms with Crippen LogP contribution in [0.25, 0.3) is 0 Å². The number of hydrogen-bond donors (Lipinski definition) is 5. The molecule has 0 aromatic rings. The normalized spacial score (nSPS) is 24.7. The van der Waals surface area contributed by atoms with Crippen molar-refractivity contribution in [2.75, 3.05) is 19.8 Å². The first-order valence-electron chi connectivity index (χ1n) is 6.29. The highest BCUT2D eigenvalue weighted by atomic mass is 32.2. The lowest BCUT2D eigenvalue weighted by molar-refractivity contribution is -0.151. The molecule has 3 atom stereocenters. The maximum absolute atomic E-state index is 11.8. The molecule has 6 N–H and O–H groups in total. The second-order valence-corrected chi connectivity index (χ2v) is 5.82. The molecule has 0 aromatic heterocycles. The summed E-state index contributed by atoms with van der Waals surface area (Å²) in [7, 11) is 0. The fourth-order valence-electron chi connectivity index (χ4n) is 2.06. The van der Waals surface area contributed by atoms with E-state index in [4.69, 9.17) is 21.1 Å². The molecule has 22 heavy (non-hydrogen) atoms. The van der Waals surface area contributed by atoms with E-state index in [2.05, 4.69) is 10.1 Å². The zero-order valence-electron chi connectivity index (χ0n) is 11.3. The molecule has 0 aliphatic carbocycles. The Kier molecular flexibility index (Phi) is 4.90. The third kappa shape index (κ3) is 2.88. The van der Waals surface area contributed by atoms with Crippen LogP contribution in [0, 0.1) is 5.92 Å². The van der Waals surface area contributed by atoms with E-state index < -0.39 is 41.9 Å². The first-order valence-corrected chi connectivity index (χ1v) is 7.17. The third-order valence-corrected chi connectivity index (χ3v) is 4.60. The topological polar surface area (TPSA) is 162 Å². The Morgan fingerprint density at radius 3 is 2.68 bits per heavy atom. The van der Waals surface area contributed by atoms with Gasteiger partial charge in [0, 0.05) is 0 Å². The van der Waals surface area contributed by atoms with Gasteiger partial charge in [0.05, 0.1) is 30.6 Å². The third-order valence-electron chi connectivity index (χ3n) is 3.21. The smallest absolute Gasteiger partial charge is 0.449 e. The van der Waals surface area contributed by atoms with Crippen LogP contribution in [0.3, 0.4) is 0 Å². The molecule has 2 amide bonds. The Labute approximate surface area is 128 Å². The molecule has 2 aliphatic rings. The van der Waals surface area contributed by atoms with Crippen LogP contribution in [0.2, 0.25) is 0 Å². The largest absolute Gasteiger partial charge is 0.512 e. The van der Waals surface area contributed by atoms with Crippen LogP contribution >= 0.6 is 11.8 Å². The lowest BCUT2D eigenvalue weighted by Gasteiger charge is -2.40. The van der Waals surface area contributed by atoms with E-state index in [0.717, 1.165) is 16.7 Å². The number of nitrogens with two attached hydrogens (primary N) is 1. The van der Waals surface area contributed by atoms with Crippen LogP contribution in [-0.2, 0) is 14.3 Å². The van der Waals surface area contributed by atoms with E-state index in [-0.39, 0.29) is 19.0 Å². The van der Waals surface area contributed by atoms with Gasteiger partial charge in [-0.05, 0) is 0 Å².